The number of nitrogens with one attached hydrogen (secondary N) is 2. The van der Waals surface area contributed by atoms with Crippen LogP contribution in [0.25, 0.3) is 6.08 Å². The molecule has 2 N–H and O–H groups in total. The molecule has 2 aromatic rings. The summed E-state index contributed by atoms with van der Waals surface area (Å²) < 4.78 is 0.863. The molecule has 2 aromatic carbocycles. The molecule has 132 valence electrons. The number of carbonyl (C=O) groups excluding carboxylic acids is 2. The van der Waals surface area contributed by atoms with E-state index in [-0.39, 0.29) is 11.7 Å². The first-order chi connectivity index (χ1) is 12.6. The molecular formula is C20H18BrN3O2. The number of halogens is 1. The van der Waals surface area contributed by atoms with Gasteiger partial charge in [-0.1, -0.05) is 40.2 Å². The second-order valence-corrected chi connectivity index (χ2v) is 7.22. The van der Waals surface area contributed by atoms with E-state index in [4.69, 9.17) is 0 Å². The van der Waals surface area contributed by atoms with Crippen molar-refractivity contribution in [2.45, 2.75) is 6.04 Å². The van der Waals surface area contributed by atoms with Crippen molar-refractivity contribution in [3.05, 3.63) is 63.6 Å². The van der Waals surface area contributed by atoms with Crippen LogP contribution in [0.2, 0.25) is 0 Å². The van der Waals surface area contributed by atoms with Crippen molar-refractivity contribution < 1.29 is 9.59 Å². The van der Waals surface area contributed by atoms with Gasteiger partial charge in [-0.05, 0) is 36.9 Å². The number of carbonyl (C=O) groups is 2. The highest BCUT2D eigenvalue weighted by Gasteiger charge is 2.42. The minimum Gasteiger partial charge on any atom is -0.383 e. The lowest BCUT2D eigenvalue weighted by Gasteiger charge is -2.37. The van der Waals surface area contributed by atoms with Crippen molar-refractivity contribution in [3.63, 3.8) is 0 Å². The smallest absolute Gasteiger partial charge is 0.262 e. The Balaban J connectivity index is 1.85. The summed E-state index contributed by atoms with van der Waals surface area (Å²) in [4.78, 5) is 28.1. The van der Waals surface area contributed by atoms with Crippen LogP contribution in [0.5, 0.6) is 0 Å². The SMILES string of the molecule is CNCCNc1ccc2c3c1C(=O)N(c1cccc(Br)c1)C(C=C2)C3=O. The molecule has 2 bridgehead atoms. The summed E-state index contributed by atoms with van der Waals surface area (Å²) in [7, 11) is 1.87. The first-order valence-electron chi connectivity index (χ1n) is 8.49. The van der Waals surface area contributed by atoms with Crippen molar-refractivity contribution in [1.29, 1.82) is 0 Å². The van der Waals surface area contributed by atoms with Crippen LogP contribution in [0.3, 0.4) is 0 Å². The van der Waals surface area contributed by atoms with E-state index in [9.17, 15) is 9.59 Å². The molecule has 6 heteroatoms. The number of ketones is 1. The Morgan fingerprint density at radius 3 is 2.73 bits per heavy atom. The first kappa shape index (κ1) is 17.0. The van der Waals surface area contributed by atoms with E-state index in [1.165, 1.54) is 0 Å². The third kappa shape index (κ3) is 2.66. The molecule has 26 heavy (non-hydrogen) atoms. The van der Waals surface area contributed by atoms with Crippen molar-refractivity contribution in [2.75, 3.05) is 30.4 Å². The molecule has 0 radical (unpaired) electrons. The maximum atomic E-state index is 13.4. The maximum absolute atomic E-state index is 13.4. The van der Waals surface area contributed by atoms with Gasteiger partial charge in [0.2, 0.25) is 0 Å². The lowest BCUT2D eigenvalue weighted by Crippen LogP contribution is -2.50. The van der Waals surface area contributed by atoms with Crippen molar-refractivity contribution in [3.8, 4) is 0 Å². The standard InChI is InChI=1S/C20H18BrN3O2/c1-22-9-10-23-15-7-5-12-6-8-16-19(25)17(12)18(15)20(26)24(16)14-4-2-3-13(21)11-14/h2-8,11,16,22-23H,9-10H2,1H3. The Morgan fingerprint density at radius 2 is 1.96 bits per heavy atom. The lowest BCUT2D eigenvalue weighted by molar-refractivity contribution is 0.0885. The van der Waals surface area contributed by atoms with Gasteiger partial charge in [0.25, 0.3) is 5.91 Å². The molecule has 0 saturated heterocycles. The van der Waals surface area contributed by atoms with Gasteiger partial charge in [-0.3, -0.25) is 14.5 Å². The van der Waals surface area contributed by atoms with Crippen LogP contribution in [-0.2, 0) is 0 Å². The van der Waals surface area contributed by atoms with Crippen molar-refractivity contribution >= 4 is 45.1 Å². The average Bonchev–Trinajstić information content (AvgIpc) is 2.63. The minimum absolute atomic E-state index is 0.0330. The van der Waals surface area contributed by atoms with E-state index in [0.717, 1.165) is 16.6 Å². The number of Topliss-reactive ketones (excluding diaryl/α,β-unsaturated/α-hetero) is 1. The normalized spacial score (nSPS) is 17.6. The van der Waals surface area contributed by atoms with E-state index in [1.54, 1.807) is 11.0 Å². The van der Waals surface area contributed by atoms with Gasteiger partial charge in [0, 0.05) is 34.5 Å². The van der Waals surface area contributed by atoms with Gasteiger partial charge in [-0.25, -0.2) is 0 Å². The van der Waals surface area contributed by atoms with Crippen LogP contribution >= 0.6 is 15.9 Å². The van der Waals surface area contributed by atoms with Gasteiger partial charge in [0.1, 0.15) is 6.04 Å². The average molecular weight is 412 g/mol. The van der Waals surface area contributed by atoms with Gasteiger partial charge in [0.05, 0.1) is 5.56 Å². The van der Waals surface area contributed by atoms with Gasteiger partial charge in [-0.15, -0.1) is 0 Å². The summed E-state index contributed by atoms with van der Waals surface area (Å²) in [5, 5.41) is 6.35. The van der Waals surface area contributed by atoms with Gasteiger partial charge in [0.15, 0.2) is 5.78 Å². The van der Waals surface area contributed by atoms with E-state index in [2.05, 4.69) is 26.6 Å². The third-order valence-corrected chi connectivity index (χ3v) is 5.19. The van der Waals surface area contributed by atoms with Gasteiger partial charge < -0.3 is 10.6 Å². The van der Waals surface area contributed by atoms with E-state index in [1.807, 2.05) is 49.5 Å². The predicted octanol–water partition coefficient (Wildman–Crippen LogP) is 3.32. The van der Waals surface area contributed by atoms with Crippen LogP contribution in [0.1, 0.15) is 26.3 Å². The fraction of sp³-hybridized carbons (Fsp3) is 0.200. The topological polar surface area (TPSA) is 61.4 Å². The molecule has 4 rings (SSSR count). The zero-order chi connectivity index (χ0) is 18.3. The summed E-state index contributed by atoms with van der Waals surface area (Å²) in [6.07, 6.45) is 3.74. The molecular weight excluding hydrogens is 394 g/mol. The molecule has 0 fully saturated rings. The number of likely N-dealkylation sites (N-methyl/N-ethyl adjacent to an activating group) is 1. The molecule has 0 spiro atoms. The largest absolute Gasteiger partial charge is 0.383 e. The minimum atomic E-state index is -0.593. The first-order valence-corrected chi connectivity index (χ1v) is 9.28. The number of rotatable bonds is 5. The maximum Gasteiger partial charge on any atom is 0.262 e. The second kappa shape index (κ2) is 6.70. The molecule has 1 aliphatic heterocycles. The fourth-order valence-corrected chi connectivity index (χ4v) is 3.89. The van der Waals surface area contributed by atoms with Crippen LogP contribution in [-0.4, -0.2) is 37.9 Å². The predicted molar refractivity (Wildman–Crippen MR) is 107 cm³/mol. The second-order valence-electron chi connectivity index (χ2n) is 6.31. The summed E-state index contributed by atoms with van der Waals surface area (Å²) in [6, 6.07) is 10.6. The Morgan fingerprint density at radius 1 is 1.12 bits per heavy atom. The van der Waals surface area contributed by atoms with Gasteiger partial charge in [-0.2, -0.15) is 0 Å². The number of hydrogen-bond donors (Lipinski definition) is 2. The van der Waals surface area contributed by atoms with Crippen molar-refractivity contribution in [1.82, 2.24) is 5.32 Å². The molecule has 1 heterocycles. The molecule has 1 atom stereocenters. The molecule has 5 nitrogen and oxygen atoms in total. The monoisotopic (exact) mass is 411 g/mol. The van der Waals surface area contributed by atoms with E-state index >= 15 is 0 Å². The Bertz CT molecular complexity index is 939. The zero-order valence-electron chi connectivity index (χ0n) is 14.3. The number of hydrogen-bond acceptors (Lipinski definition) is 4. The zero-order valence-corrected chi connectivity index (χ0v) is 15.8. The third-order valence-electron chi connectivity index (χ3n) is 4.70. The number of amides is 1. The summed E-state index contributed by atoms with van der Waals surface area (Å²) >= 11 is 3.45. The van der Waals surface area contributed by atoms with Crippen molar-refractivity contribution in [2.24, 2.45) is 0 Å². The number of fused-ring (bicyclic) bond motifs is 1. The van der Waals surface area contributed by atoms with Crippen LogP contribution < -0.4 is 15.5 Å². The molecule has 1 aliphatic carbocycles. The molecule has 0 aromatic heterocycles. The molecule has 1 amide bonds. The highest BCUT2D eigenvalue weighted by Crippen LogP contribution is 2.38. The summed E-state index contributed by atoms with van der Waals surface area (Å²) in [5.74, 6) is -0.185. The Hall–Kier alpha value is -2.44. The Labute approximate surface area is 160 Å². The summed E-state index contributed by atoms with van der Waals surface area (Å²) in [6.45, 7) is 1.43. The van der Waals surface area contributed by atoms with Crippen LogP contribution in [0.4, 0.5) is 11.4 Å². The summed E-state index contributed by atoms with van der Waals surface area (Å²) in [5.41, 5.74) is 3.20. The highest BCUT2D eigenvalue weighted by atomic mass is 79.9. The van der Waals surface area contributed by atoms with E-state index < -0.39 is 6.04 Å². The molecule has 1 unspecified atom stereocenters. The van der Waals surface area contributed by atoms with E-state index in [0.29, 0.717) is 29.0 Å². The molecule has 2 aliphatic rings. The Kier molecular flexibility index (Phi) is 4.38. The highest BCUT2D eigenvalue weighted by molar-refractivity contribution is 9.10. The number of benzene rings is 2. The fourth-order valence-electron chi connectivity index (χ4n) is 3.50. The van der Waals surface area contributed by atoms with Crippen LogP contribution in [0, 0.1) is 0 Å². The molecule has 0 saturated carbocycles. The lowest BCUT2D eigenvalue weighted by atomic mass is 9.83. The quantitative estimate of drug-likeness (QED) is 0.740. The number of anilines is 2. The number of nitrogens with zero attached hydrogens (tertiary/aromatic N) is 1. The van der Waals surface area contributed by atoms with Gasteiger partial charge >= 0.3 is 0 Å². The van der Waals surface area contributed by atoms with Crippen LogP contribution in [0.15, 0.2) is 46.9 Å².